The van der Waals surface area contributed by atoms with Crippen molar-refractivity contribution in [2.45, 2.75) is 53.4 Å². The quantitative estimate of drug-likeness (QED) is 0.518. The van der Waals surface area contributed by atoms with Crippen LogP contribution in [0.2, 0.25) is 0 Å². The van der Waals surface area contributed by atoms with Gasteiger partial charge in [0.05, 0.1) is 19.8 Å². The average Bonchev–Trinajstić information content (AvgIpc) is 2.57. The molecule has 0 radical (unpaired) electrons. The molecule has 0 bridgehead atoms. The van der Waals surface area contributed by atoms with Gasteiger partial charge in [-0.25, -0.2) is 4.79 Å². The maximum atomic E-state index is 11.5. The van der Waals surface area contributed by atoms with E-state index in [-0.39, 0.29) is 17.4 Å². The Balaban J connectivity index is 2.97. The van der Waals surface area contributed by atoms with Crippen LogP contribution in [0.4, 0.5) is 0 Å². The number of benzene rings is 1. The highest BCUT2D eigenvalue weighted by Gasteiger charge is 2.35. The van der Waals surface area contributed by atoms with Crippen LogP contribution in [0.1, 0.15) is 40.2 Å². The van der Waals surface area contributed by atoms with Gasteiger partial charge in [-0.2, -0.15) is 0 Å². The van der Waals surface area contributed by atoms with Crippen LogP contribution in [0.15, 0.2) is 42.5 Å². The number of esters is 2. The SMILES string of the molecule is COC(=O)/C=C/[C@@H](OC(C)=O)[C@H](C)[C@@H](OCc1ccccc1)C(C)(C)C. The molecule has 0 fully saturated rings. The predicted octanol–water partition coefficient (Wildman–Crippen LogP) is 3.91. The Hall–Kier alpha value is -2.14. The summed E-state index contributed by atoms with van der Waals surface area (Å²) in [5.74, 6) is -1.07. The van der Waals surface area contributed by atoms with E-state index >= 15 is 0 Å². The van der Waals surface area contributed by atoms with Crippen molar-refractivity contribution >= 4 is 11.9 Å². The molecule has 0 saturated heterocycles. The first-order valence-electron chi connectivity index (χ1n) is 8.74. The third-order valence-electron chi connectivity index (χ3n) is 4.05. The molecule has 1 aromatic carbocycles. The number of carbonyl (C=O) groups is 2. The molecule has 0 aliphatic rings. The smallest absolute Gasteiger partial charge is 0.330 e. The Bertz CT molecular complexity index is 601. The lowest BCUT2D eigenvalue weighted by Crippen LogP contribution is -2.41. The number of rotatable bonds is 8. The van der Waals surface area contributed by atoms with Gasteiger partial charge in [0.15, 0.2) is 0 Å². The summed E-state index contributed by atoms with van der Waals surface area (Å²) in [6, 6.07) is 9.90. The first-order chi connectivity index (χ1) is 12.1. The van der Waals surface area contributed by atoms with Gasteiger partial charge in [0.2, 0.25) is 0 Å². The number of hydrogen-bond donors (Lipinski definition) is 0. The zero-order valence-corrected chi connectivity index (χ0v) is 16.5. The van der Waals surface area contributed by atoms with E-state index in [1.54, 1.807) is 6.08 Å². The molecule has 0 aromatic heterocycles. The first-order valence-corrected chi connectivity index (χ1v) is 8.74. The van der Waals surface area contributed by atoms with Crippen LogP contribution in [0.25, 0.3) is 0 Å². The molecular formula is C21H30O5. The van der Waals surface area contributed by atoms with Gasteiger partial charge in [-0.15, -0.1) is 0 Å². The van der Waals surface area contributed by atoms with Crippen molar-refractivity contribution in [3.63, 3.8) is 0 Å². The molecule has 3 atom stereocenters. The van der Waals surface area contributed by atoms with E-state index in [1.807, 2.05) is 37.3 Å². The van der Waals surface area contributed by atoms with Crippen LogP contribution in [-0.2, 0) is 30.4 Å². The molecule has 0 spiro atoms. The fourth-order valence-corrected chi connectivity index (χ4v) is 2.88. The van der Waals surface area contributed by atoms with E-state index in [2.05, 4.69) is 25.5 Å². The Morgan fingerprint density at radius 3 is 2.27 bits per heavy atom. The molecule has 0 saturated carbocycles. The molecule has 0 amide bonds. The number of methoxy groups -OCH3 is 1. The van der Waals surface area contributed by atoms with Gasteiger partial charge in [0.1, 0.15) is 6.10 Å². The summed E-state index contributed by atoms with van der Waals surface area (Å²) in [5.41, 5.74) is 0.884. The number of ether oxygens (including phenoxy) is 3. The van der Waals surface area contributed by atoms with Crippen molar-refractivity contribution in [2.24, 2.45) is 11.3 Å². The summed E-state index contributed by atoms with van der Waals surface area (Å²) in [4.78, 5) is 22.9. The van der Waals surface area contributed by atoms with Crippen LogP contribution < -0.4 is 0 Å². The molecular weight excluding hydrogens is 332 g/mol. The van der Waals surface area contributed by atoms with Gasteiger partial charge in [0, 0.05) is 18.9 Å². The van der Waals surface area contributed by atoms with Crippen LogP contribution in [0.5, 0.6) is 0 Å². The highest BCUT2D eigenvalue weighted by Crippen LogP contribution is 2.32. The minimum absolute atomic E-state index is 0.163. The molecule has 0 heterocycles. The molecule has 144 valence electrons. The van der Waals surface area contributed by atoms with Crippen molar-refractivity contribution in [3.05, 3.63) is 48.0 Å². The lowest BCUT2D eigenvalue weighted by Gasteiger charge is -2.37. The van der Waals surface area contributed by atoms with Crippen LogP contribution in [0.3, 0.4) is 0 Å². The van der Waals surface area contributed by atoms with Crippen LogP contribution in [0, 0.1) is 11.3 Å². The second-order valence-corrected chi connectivity index (χ2v) is 7.40. The molecule has 0 unspecified atom stereocenters. The lowest BCUT2D eigenvalue weighted by atomic mass is 9.79. The number of hydrogen-bond acceptors (Lipinski definition) is 5. The molecule has 1 rings (SSSR count). The van der Waals surface area contributed by atoms with Gasteiger partial charge >= 0.3 is 11.9 Å². The fourth-order valence-electron chi connectivity index (χ4n) is 2.88. The van der Waals surface area contributed by atoms with Crippen molar-refractivity contribution < 1.29 is 23.8 Å². The largest absolute Gasteiger partial charge is 0.466 e. The summed E-state index contributed by atoms with van der Waals surface area (Å²) in [6.07, 6.45) is 2.05. The van der Waals surface area contributed by atoms with Gasteiger partial charge in [-0.1, -0.05) is 58.0 Å². The standard InChI is InChI=1S/C21H30O5/c1-15(18(26-16(2)22)12-13-19(23)24-6)20(21(3,4)5)25-14-17-10-8-7-9-11-17/h7-13,15,18,20H,14H2,1-6H3/b13-12+/t15-,18+,20+/m0/s1. The summed E-state index contributed by atoms with van der Waals surface area (Å²) in [5, 5.41) is 0. The maximum absolute atomic E-state index is 11.5. The minimum atomic E-state index is -0.591. The first kappa shape index (κ1) is 21.9. The van der Waals surface area contributed by atoms with Crippen molar-refractivity contribution in [1.29, 1.82) is 0 Å². The lowest BCUT2D eigenvalue weighted by molar-refractivity contribution is -0.152. The topological polar surface area (TPSA) is 61.8 Å². The van der Waals surface area contributed by atoms with Gasteiger partial charge in [-0.3, -0.25) is 4.79 Å². The summed E-state index contributed by atoms with van der Waals surface area (Å²) in [6.45, 7) is 10.00. The Labute approximate surface area is 156 Å². The summed E-state index contributed by atoms with van der Waals surface area (Å²) >= 11 is 0. The average molecular weight is 362 g/mol. The number of carbonyl (C=O) groups excluding carboxylic acids is 2. The van der Waals surface area contributed by atoms with E-state index in [0.717, 1.165) is 5.56 Å². The van der Waals surface area contributed by atoms with Crippen LogP contribution in [-0.4, -0.2) is 31.3 Å². The predicted molar refractivity (Wildman–Crippen MR) is 100 cm³/mol. The summed E-state index contributed by atoms with van der Waals surface area (Å²) < 4.78 is 16.3. The van der Waals surface area contributed by atoms with Crippen molar-refractivity contribution in [1.82, 2.24) is 0 Å². The van der Waals surface area contributed by atoms with E-state index in [9.17, 15) is 9.59 Å². The highest BCUT2D eigenvalue weighted by molar-refractivity contribution is 5.81. The molecule has 0 aliphatic carbocycles. The third-order valence-corrected chi connectivity index (χ3v) is 4.05. The van der Waals surface area contributed by atoms with E-state index in [4.69, 9.17) is 9.47 Å². The normalized spacial score (nSPS) is 15.3. The van der Waals surface area contributed by atoms with E-state index in [0.29, 0.717) is 6.61 Å². The van der Waals surface area contributed by atoms with E-state index in [1.165, 1.54) is 20.1 Å². The molecule has 5 nitrogen and oxygen atoms in total. The van der Waals surface area contributed by atoms with Crippen LogP contribution >= 0.6 is 0 Å². The van der Waals surface area contributed by atoms with Crippen molar-refractivity contribution in [3.8, 4) is 0 Å². The molecule has 26 heavy (non-hydrogen) atoms. The van der Waals surface area contributed by atoms with E-state index < -0.39 is 18.0 Å². The van der Waals surface area contributed by atoms with Crippen molar-refractivity contribution in [2.75, 3.05) is 7.11 Å². The van der Waals surface area contributed by atoms with Gasteiger partial charge in [-0.05, 0) is 17.1 Å². The maximum Gasteiger partial charge on any atom is 0.330 e. The minimum Gasteiger partial charge on any atom is -0.466 e. The third kappa shape index (κ3) is 7.40. The Kier molecular flexibility index (Phi) is 8.52. The fraction of sp³-hybridized carbons (Fsp3) is 0.524. The second kappa shape index (κ2) is 10.1. The molecule has 1 aromatic rings. The zero-order valence-electron chi connectivity index (χ0n) is 16.5. The zero-order chi connectivity index (χ0) is 19.7. The second-order valence-electron chi connectivity index (χ2n) is 7.40. The highest BCUT2D eigenvalue weighted by atomic mass is 16.5. The molecule has 0 aliphatic heterocycles. The molecule has 0 N–H and O–H groups in total. The summed E-state index contributed by atoms with van der Waals surface area (Å²) in [7, 11) is 1.30. The van der Waals surface area contributed by atoms with Gasteiger partial charge < -0.3 is 14.2 Å². The van der Waals surface area contributed by atoms with Gasteiger partial charge in [0.25, 0.3) is 0 Å². The Morgan fingerprint density at radius 1 is 1.15 bits per heavy atom. The monoisotopic (exact) mass is 362 g/mol. The Morgan fingerprint density at radius 2 is 1.77 bits per heavy atom. The molecule has 5 heteroatoms.